The van der Waals surface area contributed by atoms with E-state index in [2.05, 4.69) is 20.4 Å². The highest BCUT2D eigenvalue weighted by Crippen LogP contribution is 2.38. The maximum atomic E-state index is 13.7. The Kier molecular flexibility index (Phi) is 10.9. The van der Waals surface area contributed by atoms with Crippen LogP contribution in [0.3, 0.4) is 0 Å². The van der Waals surface area contributed by atoms with Crippen molar-refractivity contribution in [2.45, 2.75) is 71.6 Å². The lowest BCUT2D eigenvalue weighted by molar-refractivity contribution is -0.143. The number of anilines is 2. The lowest BCUT2D eigenvalue weighted by Crippen LogP contribution is -2.36. The maximum absolute atomic E-state index is 13.7. The standard InChI is InChI=1S/C40H49ClN8O5/c1-23(50)19-48-17-15-33-31(21-48)42-36(46(33)3)38(51)44-29-9-5-7-27(24(29)2)28-8-6-10-30(35(28)41)45-39(52)37-43-32-22-49(18-16-34(32)47(37)4)20-25-11-13-26(14-12-25)40(53)54/h5-10,23,25-26,50H,11-22H2,1-4H3,(H,44,51)(H,45,52)(H,53,54). The summed E-state index contributed by atoms with van der Waals surface area (Å²) in [6.07, 6.45) is 4.41. The highest BCUT2D eigenvalue weighted by Gasteiger charge is 2.31. The fourth-order valence-electron chi connectivity index (χ4n) is 8.47. The fraction of sp³-hybridized carbons (Fsp3) is 0.475. The molecule has 1 fully saturated rings. The molecule has 0 radical (unpaired) electrons. The molecule has 4 N–H and O–H groups in total. The van der Waals surface area contributed by atoms with Crippen molar-refractivity contribution in [2.75, 3.05) is 36.8 Å². The van der Waals surface area contributed by atoms with Gasteiger partial charge >= 0.3 is 5.97 Å². The van der Waals surface area contributed by atoms with E-state index in [9.17, 15) is 24.6 Å². The molecular formula is C40H49ClN8O5. The summed E-state index contributed by atoms with van der Waals surface area (Å²) in [5, 5.41) is 25.6. The van der Waals surface area contributed by atoms with Gasteiger partial charge in [-0.2, -0.15) is 0 Å². The molecule has 2 aromatic carbocycles. The van der Waals surface area contributed by atoms with Crippen LogP contribution in [0.15, 0.2) is 36.4 Å². The van der Waals surface area contributed by atoms with E-state index >= 15 is 0 Å². The molecule has 4 aromatic rings. The van der Waals surface area contributed by atoms with Crippen LogP contribution in [0.2, 0.25) is 5.02 Å². The number of carboxylic acids is 1. The number of nitrogens with one attached hydrogen (secondary N) is 2. The molecule has 0 bridgehead atoms. The first kappa shape index (κ1) is 37.7. The molecule has 3 aliphatic rings. The largest absolute Gasteiger partial charge is 0.481 e. The average Bonchev–Trinajstić information content (AvgIpc) is 3.65. The number of aliphatic hydroxyl groups excluding tert-OH is 1. The van der Waals surface area contributed by atoms with Crippen LogP contribution < -0.4 is 10.6 Å². The summed E-state index contributed by atoms with van der Waals surface area (Å²) >= 11 is 7.00. The number of halogens is 1. The zero-order valence-corrected chi connectivity index (χ0v) is 32.1. The molecule has 0 spiro atoms. The van der Waals surface area contributed by atoms with Crippen molar-refractivity contribution in [2.24, 2.45) is 25.9 Å². The summed E-state index contributed by atoms with van der Waals surface area (Å²) in [5.41, 5.74) is 7.24. The predicted octanol–water partition coefficient (Wildman–Crippen LogP) is 5.28. The molecule has 2 amide bonds. The van der Waals surface area contributed by atoms with Gasteiger partial charge in [0.1, 0.15) is 0 Å². The van der Waals surface area contributed by atoms with E-state index in [1.807, 2.05) is 60.5 Å². The molecule has 1 atom stereocenters. The molecule has 4 heterocycles. The van der Waals surface area contributed by atoms with E-state index in [0.29, 0.717) is 59.2 Å². The van der Waals surface area contributed by atoms with Gasteiger partial charge in [-0.25, -0.2) is 9.97 Å². The molecule has 1 aliphatic carbocycles. The van der Waals surface area contributed by atoms with Crippen molar-refractivity contribution in [3.63, 3.8) is 0 Å². The number of aliphatic hydroxyl groups is 1. The minimum Gasteiger partial charge on any atom is -0.481 e. The highest BCUT2D eigenvalue weighted by molar-refractivity contribution is 6.36. The van der Waals surface area contributed by atoms with Crippen molar-refractivity contribution in [1.29, 1.82) is 0 Å². The zero-order valence-electron chi connectivity index (χ0n) is 31.4. The van der Waals surface area contributed by atoms with Gasteiger partial charge in [0.2, 0.25) is 0 Å². The molecule has 1 saturated carbocycles. The number of nitrogens with zero attached hydrogens (tertiary/aromatic N) is 6. The van der Waals surface area contributed by atoms with Gasteiger partial charge in [0, 0.05) is 88.8 Å². The van der Waals surface area contributed by atoms with E-state index < -0.39 is 12.1 Å². The summed E-state index contributed by atoms with van der Waals surface area (Å²) in [5.74, 6) is -0.450. The van der Waals surface area contributed by atoms with Crippen molar-refractivity contribution >= 4 is 40.8 Å². The van der Waals surface area contributed by atoms with Gasteiger partial charge in [-0.3, -0.25) is 24.2 Å². The number of fused-ring (bicyclic) bond motifs is 2. The van der Waals surface area contributed by atoms with Crippen LogP contribution in [0.25, 0.3) is 11.1 Å². The number of β-amino-alcohol motifs (C(OH)–C–C–N with tert-alkyl or cyclic N) is 1. The Morgan fingerprint density at radius 3 is 1.96 bits per heavy atom. The third-order valence-electron chi connectivity index (χ3n) is 11.4. The van der Waals surface area contributed by atoms with Crippen LogP contribution in [-0.2, 0) is 44.8 Å². The summed E-state index contributed by atoms with van der Waals surface area (Å²) in [4.78, 5) is 52.6. The van der Waals surface area contributed by atoms with Crippen LogP contribution in [-0.4, -0.2) is 89.2 Å². The van der Waals surface area contributed by atoms with Gasteiger partial charge in [0.05, 0.1) is 34.1 Å². The van der Waals surface area contributed by atoms with Crippen molar-refractivity contribution in [1.82, 2.24) is 28.9 Å². The van der Waals surface area contributed by atoms with E-state index in [-0.39, 0.29) is 17.7 Å². The second-order valence-electron chi connectivity index (χ2n) is 15.2. The third-order valence-corrected chi connectivity index (χ3v) is 11.8. The molecular weight excluding hydrogens is 708 g/mol. The number of hydrogen-bond acceptors (Lipinski definition) is 8. The van der Waals surface area contributed by atoms with Gasteiger partial charge in [-0.1, -0.05) is 35.9 Å². The molecule has 14 heteroatoms. The second kappa shape index (κ2) is 15.7. The number of carboxylic acid groups (broad SMARTS) is 1. The molecule has 2 aromatic heterocycles. The predicted molar refractivity (Wildman–Crippen MR) is 207 cm³/mol. The van der Waals surface area contributed by atoms with E-state index in [0.717, 1.165) is 92.1 Å². The van der Waals surface area contributed by atoms with Crippen LogP contribution in [0.1, 0.15) is 82.2 Å². The van der Waals surface area contributed by atoms with Crippen molar-refractivity contribution < 1.29 is 24.6 Å². The smallest absolute Gasteiger partial charge is 0.306 e. The first-order valence-corrected chi connectivity index (χ1v) is 19.2. The molecule has 286 valence electrons. The number of carbonyl (C=O) groups is 3. The Labute approximate surface area is 320 Å². The number of hydrogen-bond donors (Lipinski definition) is 4. The third kappa shape index (κ3) is 7.68. The number of carbonyl (C=O) groups excluding carboxylic acids is 2. The number of aliphatic carboxylic acids is 1. The van der Waals surface area contributed by atoms with Gasteiger partial charge in [-0.15, -0.1) is 0 Å². The number of amides is 2. The van der Waals surface area contributed by atoms with E-state index in [4.69, 9.17) is 21.6 Å². The molecule has 54 heavy (non-hydrogen) atoms. The molecule has 7 rings (SSSR count). The van der Waals surface area contributed by atoms with E-state index in [1.165, 1.54) is 0 Å². The number of imidazole rings is 2. The maximum Gasteiger partial charge on any atom is 0.306 e. The lowest BCUT2D eigenvalue weighted by Gasteiger charge is -2.33. The minimum absolute atomic E-state index is 0.221. The van der Waals surface area contributed by atoms with Gasteiger partial charge in [-0.05, 0) is 68.7 Å². The summed E-state index contributed by atoms with van der Waals surface area (Å²) in [6, 6.07) is 11.1. The van der Waals surface area contributed by atoms with Crippen molar-refractivity contribution in [3.8, 4) is 11.1 Å². The summed E-state index contributed by atoms with van der Waals surface area (Å²) in [7, 11) is 3.73. The Bertz CT molecular complexity index is 2080. The first-order chi connectivity index (χ1) is 25.9. The van der Waals surface area contributed by atoms with Crippen molar-refractivity contribution in [3.05, 3.63) is 81.4 Å². The average molecular weight is 757 g/mol. The normalized spacial score (nSPS) is 19.5. The van der Waals surface area contributed by atoms with E-state index in [1.54, 1.807) is 13.0 Å². The second-order valence-corrected chi connectivity index (χ2v) is 15.6. The molecule has 1 unspecified atom stereocenters. The topological polar surface area (TPSA) is 158 Å². The Morgan fingerprint density at radius 1 is 0.833 bits per heavy atom. The Balaban J connectivity index is 1.03. The first-order valence-electron chi connectivity index (χ1n) is 18.8. The van der Waals surface area contributed by atoms with Crippen LogP contribution in [0.4, 0.5) is 11.4 Å². The molecule has 2 aliphatic heterocycles. The quantitative estimate of drug-likeness (QED) is 0.169. The Morgan fingerprint density at radius 2 is 1.37 bits per heavy atom. The number of rotatable bonds is 10. The zero-order chi connectivity index (χ0) is 38.3. The molecule has 13 nitrogen and oxygen atoms in total. The highest BCUT2D eigenvalue weighted by atomic mass is 35.5. The van der Waals surface area contributed by atoms with Gasteiger partial charge in [0.25, 0.3) is 11.8 Å². The number of benzene rings is 2. The monoisotopic (exact) mass is 756 g/mol. The molecule has 0 saturated heterocycles. The van der Waals surface area contributed by atoms with Crippen LogP contribution >= 0.6 is 11.6 Å². The van der Waals surface area contributed by atoms with Gasteiger partial charge in [0.15, 0.2) is 11.6 Å². The lowest BCUT2D eigenvalue weighted by atomic mass is 9.81. The minimum atomic E-state index is -0.684. The fourth-order valence-corrected chi connectivity index (χ4v) is 8.74. The van der Waals surface area contributed by atoms with Crippen LogP contribution in [0.5, 0.6) is 0 Å². The van der Waals surface area contributed by atoms with Gasteiger partial charge < -0.3 is 30.0 Å². The van der Waals surface area contributed by atoms with Crippen LogP contribution in [0, 0.1) is 18.8 Å². The SMILES string of the molecule is Cc1c(NC(=O)c2nc3c(n2C)CCN(CC(C)O)C3)cccc1-c1cccc(NC(=O)c2nc3c(n2C)CCN(CC2CCC(C(=O)O)CC2)C3)c1Cl. The summed E-state index contributed by atoms with van der Waals surface area (Å²) < 4.78 is 3.73. The summed E-state index contributed by atoms with van der Waals surface area (Å²) in [6.45, 7) is 8.06. The number of aromatic nitrogens is 4. The Hall–Kier alpha value is -4.56.